The molecule has 0 saturated carbocycles. The number of carbonyl (C=O) groups is 1. The van der Waals surface area contributed by atoms with E-state index >= 15 is 0 Å². The van der Waals surface area contributed by atoms with Gasteiger partial charge in [-0.2, -0.15) is 0 Å². The van der Waals surface area contributed by atoms with Crippen LogP contribution in [0.15, 0.2) is 66.7 Å². The van der Waals surface area contributed by atoms with E-state index in [1.807, 2.05) is 43.3 Å². The molecule has 1 N–H and O–H groups in total. The maximum absolute atomic E-state index is 11.0. The van der Waals surface area contributed by atoms with Gasteiger partial charge in [0, 0.05) is 0 Å². The van der Waals surface area contributed by atoms with Gasteiger partial charge in [-0.15, -0.1) is 0 Å². The number of hydrogen-bond acceptors (Lipinski definition) is 3. The molecule has 32 heavy (non-hydrogen) atoms. The normalized spacial score (nSPS) is 12.3. The number of methoxy groups -OCH3 is 1. The average molecular weight is 433 g/mol. The number of hydrogen-bond donors (Lipinski definition) is 1. The zero-order valence-corrected chi connectivity index (χ0v) is 19.5. The van der Waals surface area contributed by atoms with Crippen LogP contribution in [0.4, 0.5) is 0 Å². The summed E-state index contributed by atoms with van der Waals surface area (Å²) in [5.74, 6) is 0.723. The molecule has 0 aromatic heterocycles. The van der Waals surface area contributed by atoms with Gasteiger partial charge in [0.2, 0.25) is 0 Å². The van der Waals surface area contributed by atoms with E-state index < -0.39 is 5.97 Å². The first-order chi connectivity index (χ1) is 15.2. The van der Waals surface area contributed by atoms with Crippen LogP contribution >= 0.6 is 0 Å². The molecule has 0 saturated heterocycles. The first kappa shape index (κ1) is 23.4. The maximum atomic E-state index is 11.0. The summed E-state index contributed by atoms with van der Waals surface area (Å²) in [4.78, 5) is 11.0. The number of rotatable bonds is 8. The van der Waals surface area contributed by atoms with Crippen LogP contribution in [-0.4, -0.2) is 18.2 Å². The van der Waals surface area contributed by atoms with E-state index in [2.05, 4.69) is 51.1 Å². The van der Waals surface area contributed by atoms with Crippen molar-refractivity contribution in [1.82, 2.24) is 0 Å². The standard InChI is InChI=1S/C28H32O4/c1-19(14-27(29)30)21-8-6-11-24(16-21)32-18-20-12-13-25(26(15-20)28(2,3)4)22-9-7-10-23(17-22)31-5/h6-13,15-17,19H,14,18H2,1-5H3,(H,29,30)/t19-/m1/s1. The third-order valence-corrected chi connectivity index (χ3v) is 5.59. The largest absolute Gasteiger partial charge is 0.497 e. The Morgan fingerprint density at radius 2 is 1.69 bits per heavy atom. The highest BCUT2D eigenvalue weighted by molar-refractivity contribution is 5.70. The van der Waals surface area contributed by atoms with Crippen LogP contribution in [-0.2, 0) is 16.8 Å². The van der Waals surface area contributed by atoms with Gasteiger partial charge in [-0.1, -0.05) is 70.2 Å². The third kappa shape index (κ3) is 5.91. The second kappa shape index (κ2) is 9.90. The van der Waals surface area contributed by atoms with Crippen molar-refractivity contribution in [3.8, 4) is 22.6 Å². The summed E-state index contributed by atoms with van der Waals surface area (Å²) in [6, 6.07) is 22.3. The maximum Gasteiger partial charge on any atom is 0.303 e. The third-order valence-electron chi connectivity index (χ3n) is 5.59. The van der Waals surface area contributed by atoms with E-state index in [1.165, 1.54) is 11.1 Å². The number of carboxylic acids is 1. The summed E-state index contributed by atoms with van der Waals surface area (Å²) < 4.78 is 11.5. The minimum absolute atomic E-state index is 0.0411. The first-order valence-corrected chi connectivity index (χ1v) is 10.9. The minimum Gasteiger partial charge on any atom is -0.497 e. The Labute approximate surface area is 190 Å². The van der Waals surface area contributed by atoms with Gasteiger partial charge in [0.15, 0.2) is 0 Å². The van der Waals surface area contributed by atoms with Crippen molar-refractivity contribution in [2.24, 2.45) is 0 Å². The molecule has 0 unspecified atom stereocenters. The predicted molar refractivity (Wildman–Crippen MR) is 129 cm³/mol. The van der Waals surface area contributed by atoms with Gasteiger partial charge in [0.05, 0.1) is 13.5 Å². The van der Waals surface area contributed by atoms with Crippen molar-refractivity contribution in [3.63, 3.8) is 0 Å². The molecule has 0 bridgehead atoms. The number of carboxylic acid groups (broad SMARTS) is 1. The van der Waals surface area contributed by atoms with E-state index in [0.29, 0.717) is 6.61 Å². The summed E-state index contributed by atoms with van der Waals surface area (Å²) in [6.45, 7) is 9.00. The lowest BCUT2D eigenvalue weighted by Gasteiger charge is -2.24. The summed E-state index contributed by atoms with van der Waals surface area (Å²) in [5.41, 5.74) is 5.57. The van der Waals surface area contributed by atoms with Crippen LogP contribution < -0.4 is 9.47 Å². The summed E-state index contributed by atoms with van der Waals surface area (Å²) in [7, 11) is 1.68. The molecule has 0 heterocycles. The van der Waals surface area contributed by atoms with E-state index in [9.17, 15) is 4.79 Å². The lowest BCUT2D eigenvalue weighted by molar-refractivity contribution is -0.137. The molecule has 3 aromatic carbocycles. The van der Waals surface area contributed by atoms with E-state index in [-0.39, 0.29) is 17.8 Å². The van der Waals surface area contributed by atoms with Crippen LogP contribution in [0.1, 0.15) is 56.7 Å². The Hall–Kier alpha value is -3.27. The topological polar surface area (TPSA) is 55.8 Å². The molecule has 168 valence electrons. The molecular formula is C28H32O4. The zero-order valence-electron chi connectivity index (χ0n) is 19.5. The van der Waals surface area contributed by atoms with Gasteiger partial charge in [0.1, 0.15) is 18.1 Å². The molecule has 0 spiro atoms. The summed E-state index contributed by atoms with van der Waals surface area (Å²) in [5, 5.41) is 9.05. The monoisotopic (exact) mass is 432 g/mol. The van der Waals surface area contributed by atoms with Crippen molar-refractivity contribution >= 4 is 5.97 Å². The molecule has 3 aromatic rings. The van der Waals surface area contributed by atoms with E-state index in [4.69, 9.17) is 14.6 Å². The van der Waals surface area contributed by atoms with Crippen LogP contribution in [0, 0.1) is 0 Å². The highest BCUT2D eigenvalue weighted by Gasteiger charge is 2.20. The molecule has 0 amide bonds. The van der Waals surface area contributed by atoms with Crippen molar-refractivity contribution in [1.29, 1.82) is 0 Å². The van der Waals surface area contributed by atoms with Crippen LogP contribution in [0.2, 0.25) is 0 Å². The second-order valence-electron chi connectivity index (χ2n) is 9.22. The molecular weight excluding hydrogens is 400 g/mol. The van der Waals surface area contributed by atoms with Crippen molar-refractivity contribution in [3.05, 3.63) is 83.4 Å². The molecule has 4 nitrogen and oxygen atoms in total. The van der Waals surface area contributed by atoms with Gasteiger partial charge in [-0.25, -0.2) is 0 Å². The average Bonchev–Trinajstić information content (AvgIpc) is 2.76. The number of ether oxygens (including phenoxy) is 2. The van der Waals surface area contributed by atoms with Crippen LogP contribution in [0.25, 0.3) is 11.1 Å². The van der Waals surface area contributed by atoms with Gasteiger partial charge in [-0.3, -0.25) is 4.79 Å². The van der Waals surface area contributed by atoms with Gasteiger partial charge in [0.25, 0.3) is 0 Å². The fourth-order valence-electron chi connectivity index (χ4n) is 3.80. The number of benzene rings is 3. The Balaban J connectivity index is 1.83. The Morgan fingerprint density at radius 1 is 0.969 bits per heavy atom. The molecule has 0 aliphatic heterocycles. The predicted octanol–water partition coefficient (Wildman–Crippen LogP) is 6.82. The summed E-state index contributed by atoms with van der Waals surface area (Å²) >= 11 is 0. The lowest BCUT2D eigenvalue weighted by Crippen LogP contribution is -2.14. The fraction of sp³-hybridized carbons (Fsp3) is 0.321. The minimum atomic E-state index is -0.797. The molecule has 0 radical (unpaired) electrons. The van der Waals surface area contributed by atoms with E-state index in [0.717, 1.165) is 28.2 Å². The highest BCUT2D eigenvalue weighted by atomic mass is 16.5. The second-order valence-corrected chi connectivity index (χ2v) is 9.22. The SMILES string of the molecule is COc1cccc(-c2ccc(COc3cccc([C@H](C)CC(=O)O)c3)cc2C(C)(C)C)c1. The number of aliphatic carboxylic acids is 1. The van der Waals surface area contributed by atoms with E-state index in [1.54, 1.807) is 7.11 Å². The van der Waals surface area contributed by atoms with Crippen molar-refractivity contribution < 1.29 is 19.4 Å². The van der Waals surface area contributed by atoms with Crippen molar-refractivity contribution in [2.45, 2.75) is 52.1 Å². The van der Waals surface area contributed by atoms with Gasteiger partial charge >= 0.3 is 5.97 Å². The lowest BCUT2D eigenvalue weighted by atomic mass is 9.81. The highest BCUT2D eigenvalue weighted by Crippen LogP contribution is 2.35. The molecule has 4 heteroatoms. The molecule has 1 atom stereocenters. The Kier molecular flexibility index (Phi) is 7.24. The van der Waals surface area contributed by atoms with Crippen molar-refractivity contribution in [2.75, 3.05) is 7.11 Å². The zero-order chi connectivity index (χ0) is 23.3. The summed E-state index contributed by atoms with van der Waals surface area (Å²) in [6.07, 6.45) is 0.101. The smallest absolute Gasteiger partial charge is 0.303 e. The quantitative estimate of drug-likeness (QED) is 0.424. The fourth-order valence-corrected chi connectivity index (χ4v) is 3.80. The van der Waals surface area contributed by atoms with Crippen LogP contribution in [0.3, 0.4) is 0 Å². The molecule has 0 fully saturated rings. The van der Waals surface area contributed by atoms with Crippen LogP contribution in [0.5, 0.6) is 11.5 Å². The van der Waals surface area contributed by atoms with Gasteiger partial charge < -0.3 is 14.6 Å². The first-order valence-electron chi connectivity index (χ1n) is 10.9. The Morgan fingerprint density at radius 3 is 2.38 bits per heavy atom. The molecule has 0 aliphatic rings. The van der Waals surface area contributed by atoms with Gasteiger partial charge in [-0.05, 0) is 63.4 Å². The molecule has 3 rings (SSSR count). The Bertz CT molecular complexity index is 1080. The molecule has 0 aliphatic carbocycles.